The van der Waals surface area contributed by atoms with Crippen molar-refractivity contribution < 1.29 is 29.0 Å². The molecule has 1 fully saturated rings. The standard InChI is InChI=1S/C15H18N2O6/c16-13(18)9-23-12-4-2-1-3-11(12)15(21)17-5-6-22-10(8-17)7-14(19)20/h1-4,10H,5-9H2,(H2,16,18)(H,19,20). The molecule has 1 aromatic carbocycles. The fraction of sp³-hybridized carbons (Fsp3) is 0.400. The third kappa shape index (κ3) is 4.68. The Kier molecular flexibility index (Phi) is 5.53. The Labute approximate surface area is 132 Å². The van der Waals surface area contributed by atoms with Crippen LogP contribution in [0.1, 0.15) is 16.8 Å². The second-order valence-corrected chi connectivity index (χ2v) is 5.09. The molecule has 1 atom stereocenters. The lowest BCUT2D eigenvalue weighted by atomic mass is 10.1. The molecule has 124 valence electrons. The van der Waals surface area contributed by atoms with E-state index in [1.54, 1.807) is 24.3 Å². The minimum Gasteiger partial charge on any atom is -0.483 e. The fourth-order valence-electron chi connectivity index (χ4n) is 2.31. The van der Waals surface area contributed by atoms with Crippen LogP contribution in [-0.2, 0) is 14.3 Å². The van der Waals surface area contributed by atoms with Crippen molar-refractivity contribution in [2.75, 3.05) is 26.3 Å². The van der Waals surface area contributed by atoms with Gasteiger partial charge >= 0.3 is 5.97 Å². The van der Waals surface area contributed by atoms with Crippen molar-refractivity contribution in [3.8, 4) is 5.75 Å². The molecule has 8 nitrogen and oxygen atoms in total. The normalized spacial score (nSPS) is 17.6. The van der Waals surface area contributed by atoms with Crippen LogP contribution in [0.15, 0.2) is 24.3 Å². The predicted molar refractivity (Wildman–Crippen MR) is 79.0 cm³/mol. The SMILES string of the molecule is NC(=O)COc1ccccc1C(=O)N1CCOC(CC(=O)O)C1. The first-order valence-electron chi connectivity index (χ1n) is 7.10. The predicted octanol–water partition coefficient (Wildman–Crippen LogP) is -0.134. The first kappa shape index (κ1) is 16.8. The average Bonchev–Trinajstić information content (AvgIpc) is 2.52. The molecule has 1 unspecified atom stereocenters. The molecule has 1 saturated heterocycles. The molecular formula is C15H18N2O6. The molecule has 0 radical (unpaired) electrons. The zero-order valence-corrected chi connectivity index (χ0v) is 12.4. The van der Waals surface area contributed by atoms with Gasteiger partial charge in [0.1, 0.15) is 5.75 Å². The summed E-state index contributed by atoms with van der Waals surface area (Å²) in [5.41, 5.74) is 5.34. The van der Waals surface area contributed by atoms with Crippen LogP contribution >= 0.6 is 0 Å². The van der Waals surface area contributed by atoms with E-state index in [0.29, 0.717) is 12.1 Å². The van der Waals surface area contributed by atoms with E-state index in [1.165, 1.54) is 4.90 Å². The van der Waals surface area contributed by atoms with E-state index in [-0.39, 0.29) is 37.8 Å². The van der Waals surface area contributed by atoms with Crippen LogP contribution in [0.25, 0.3) is 0 Å². The average molecular weight is 322 g/mol. The van der Waals surface area contributed by atoms with Crippen LogP contribution in [-0.4, -0.2) is 60.2 Å². The summed E-state index contributed by atoms with van der Waals surface area (Å²) >= 11 is 0. The van der Waals surface area contributed by atoms with Crippen LogP contribution < -0.4 is 10.5 Å². The number of para-hydroxylation sites is 1. The number of benzene rings is 1. The second kappa shape index (κ2) is 7.59. The summed E-state index contributed by atoms with van der Waals surface area (Å²) in [7, 11) is 0. The molecule has 1 aromatic rings. The lowest BCUT2D eigenvalue weighted by Gasteiger charge is -2.32. The number of ether oxygens (including phenoxy) is 2. The maximum Gasteiger partial charge on any atom is 0.306 e. The number of rotatable bonds is 6. The Balaban J connectivity index is 2.10. The van der Waals surface area contributed by atoms with E-state index in [1.807, 2.05) is 0 Å². The molecule has 0 aromatic heterocycles. The number of hydrogen-bond acceptors (Lipinski definition) is 5. The van der Waals surface area contributed by atoms with Gasteiger partial charge in [-0.05, 0) is 12.1 Å². The molecule has 1 aliphatic heterocycles. The number of hydrogen-bond donors (Lipinski definition) is 2. The molecule has 23 heavy (non-hydrogen) atoms. The summed E-state index contributed by atoms with van der Waals surface area (Å²) in [5.74, 6) is -1.66. The molecule has 0 aliphatic carbocycles. The number of carbonyl (C=O) groups excluding carboxylic acids is 2. The number of carboxylic acid groups (broad SMARTS) is 1. The Bertz CT molecular complexity index is 603. The third-order valence-corrected chi connectivity index (χ3v) is 3.32. The van der Waals surface area contributed by atoms with Gasteiger partial charge in [-0.2, -0.15) is 0 Å². The van der Waals surface area contributed by atoms with Gasteiger partial charge in [0.15, 0.2) is 6.61 Å². The van der Waals surface area contributed by atoms with Crippen molar-refractivity contribution in [2.45, 2.75) is 12.5 Å². The fourth-order valence-corrected chi connectivity index (χ4v) is 2.31. The van der Waals surface area contributed by atoms with E-state index in [0.717, 1.165) is 0 Å². The number of carbonyl (C=O) groups is 3. The molecular weight excluding hydrogens is 304 g/mol. The molecule has 1 heterocycles. The lowest BCUT2D eigenvalue weighted by molar-refractivity contribution is -0.141. The van der Waals surface area contributed by atoms with E-state index in [4.69, 9.17) is 20.3 Å². The first-order chi connectivity index (χ1) is 11.0. The van der Waals surface area contributed by atoms with Gasteiger partial charge in [-0.25, -0.2) is 0 Å². The minimum absolute atomic E-state index is 0.163. The highest BCUT2D eigenvalue weighted by Crippen LogP contribution is 2.21. The smallest absolute Gasteiger partial charge is 0.306 e. The van der Waals surface area contributed by atoms with Gasteiger partial charge < -0.3 is 25.2 Å². The van der Waals surface area contributed by atoms with Crippen LogP contribution in [0.2, 0.25) is 0 Å². The quantitative estimate of drug-likeness (QED) is 0.753. The topological polar surface area (TPSA) is 119 Å². The summed E-state index contributed by atoms with van der Waals surface area (Å²) in [4.78, 5) is 35.7. The van der Waals surface area contributed by atoms with Crippen molar-refractivity contribution >= 4 is 17.8 Å². The summed E-state index contributed by atoms with van der Waals surface area (Å²) in [5, 5.41) is 8.83. The molecule has 8 heteroatoms. The number of morpholine rings is 1. The Morgan fingerprint density at radius 1 is 1.35 bits per heavy atom. The number of amides is 2. The minimum atomic E-state index is -0.977. The Morgan fingerprint density at radius 3 is 2.78 bits per heavy atom. The van der Waals surface area contributed by atoms with Gasteiger partial charge in [0, 0.05) is 13.1 Å². The molecule has 0 saturated carbocycles. The third-order valence-electron chi connectivity index (χ3n) is 3.32. The zero-order chi connectivity index (χ0) is 16.8. The summed E-state index contributed by atoms with van der Waals surface area (Å²) in [6.45, 7) is 0.497. The van der Waals surface area contributed by atoms with Gasteiger partial charge in [-0.15, -0.1) is 0 Å². The van der Waals surface area contributed by atoms with E-state index < -0.39 is 18.0 Å². The molecule has 0 bridgehead atoms. The molecule has 3 N–H and O–H groups in total. The van der Waals surface area contributed by atoms with Crippen LogP contribution in [0, 0.1) is 0 Å². The van der Waals surface area contributed by atoms with Gasteiger partial charge in [0.2, 0.25) is 0 Å². The highest BCUT2D eigenvalue weighted by atomic mass is 16.5. The maximum absolute atomic E-state index is 12.6. The Hall–Kier alpha value is -2.61. The van der Waals surface area contributed by atoms with Gasteiger partial charge in [0.05, 0.1) is 24.7 Å². The molecule has 0 spiro atoms. The largest absolute Gasteiger partial charge is 0.483 e. The summed E-state index contributed by atoms with van der Waals surface area (Å²) in [6.07, 6.45) is -0.701. The van der Waals surface area contributed by atoms with Crippen LogP contribution in [0.4, 0.5) is 0 Å². The van der Waals surface area contributed by atoms with E-state index >= 15 is 0 Å². The Morgan fingerprint density at radius 2 is 2.09 bits per heavy atom. The van der Waals surface area contributed by atoms with E-state index in [2.05, 4.69) is 0 Å². The van der Waals surface area contributed by atoms with Crippen LogP contribution in [0.5, 0.6) is 5.75 Å². The molecule has 2 rings (SSSR count). The first-order valence-corrected chi connectivity index (χ1v) is 7.10. The number of primary amides is 1. The van der Waals surface area contributed by atoms with Crippen molar-refractivity contribution in [3.63, 3.8) is 0 Å². The zero-order valence-electron chi connectivity index (χ0n) is 12.4. The monoisotopic (exact) mass is 322 g/mol. The highest BCUT2D eigenvalue weighted by Gasteiger charge is 2.28. The molecule has 2 amide bonds. The van der Waals surface area contributed by atoms with E-state index in [9.17, 15) is 14.4 Å². The number of carboxylic acids is 1. The summed E-state index contributed by atoms with van der Waals surface area (Å²) in [6, 6.07) is 6.52. The van der Waals surface area contributed by atoms with Crippen molar-refractivity contribution in [1.82, 2.24) is 4.90 Å². The highest BCUT2D eigenvalue weighted by molar-refractivity contribution is 5.97. The maximum atomic E-state index is 12.6. The van der Waals surface area contributed by atoms with Gasteiger partial charge in [0.25, 0.3) is 11.8 Å². The number of nitrogens with two attached hydrogens (primary N) is 1. The van der Waals surface area contributed by atoms with Crippen molar-refractivity contribution in [3.05, 3.63) is 29.8 Å². The number of nitrogens with zero attached hydrogens (tertiary/aromatic N) is 1. The van der Waals surface area contributed by atoms with Crippen molar-refractivity contribution in [2.24, 2.45) is 5.73 Å². The van der Waals surface area contributed by atoms with Crippen molar-refractivity contribution in [1.29, 1.82) is 0 Å². The lowest BCUT2D eigenvalue weighted by Crippen LogP contribution is -2.46. The van der Waals surface area contributed by atoms with Gasteiger partial charge in [-0.3, -0.25) is 14.4 Å². The second-order valence-electron chi connectivity index (χ2n) is 5.09. The van der Waals surface area contributed by atoms with Crippen LogP contribution in [0.3, 0.4) is 0 Å². The van der Waals surface area contributed by atoms with Gasteiger partial charge in [-0.1, -0.05) is 12.1 Å². The summed E-state index contributed by atoms with van der Waals surface area (Å²) < 4.78 is 10.6. The molecule has 1 aliphatic rings. The number of aliphatic carboxylic acids is 1.